The van der Waals surface area contributed by atoms with Gasteiger partial charge in [-0.25, -0.2) is 4.79 Å². The van der Waals surface area contributed by atoms with Gasteiger partial charge in [0, 0.05) is 0 Å². The Morgan fingerprint density at radius 3 is 2.09 bits per heavy atom. The monoisotopic (exact) mass is 236 g/mol. The van der Waals surface area contributed by atoms with Gasteiger partial charge < -0.3 is 4.74 Å². The molecule has 0 N–H and O–H groups in total. The molecule has 0 spiro atoms. The summed E-state index contributed by atoms with van der Waals surface area (Å²) in [7, 11) is 1.17. The van der Waals surface area contributed by atoms with Gasteiger partial charge in [0.2, 0.25) is 0 Å². The van der Waals surface area contributed by atoms with E-state index in [1.807, 2.05) is 0 Å². The number of alkyl halides is 2. The molecule has 0 aliphatic rings. The molecule has 0 aliphatic carbocycles. The normalized spacial score (nSPS) is 12.9. The molecule has 0 aliphatic heterocycles. The van der Waals surface area contributed by atoms with Crippen LogP contribution < -0.4 is 0 Å². The second kappa shape index (κ2) is 5.09. The lowest BCUT2D eigenvalue weighted by atomic mass is 10.5. The molecule has 0 bridgehead atoms. The molecule has 0 fully saturated rings. The molecule has 0 unspecified atom stereocenters. The third-order valence-corrected chi connectivity index (χ3v) is 2.29. The summed E-state index contributed by atoms with van der Waals surface area (Å²) in [6.45, 7) is 0. The number of carbonyl (C=O) groups excluding carboxylic acids is 1. The second-order valence-corrected chi connectivity index (χ2v) is 3.34. The van der Waals surface area contributed by atoms with Crippen molar-refractivity contribution >= 4 is 52.4 Å². The number of hydrogen-bond donors (Lipinski definition) is 0. The van der Waals surface area contributed by atoms with Crippen molar-refractivity contribution in [2.24, 2.45) is 0 Å². The van der Waals surface area contributed by atoms with Gasteiger partial charge in [-0.05, 0) is 0 Å². The first kappa shape index (κ1) is 11.4. The molecule has 0 atom stereocenters. The highest BCUT2D eigenvalue weighted by Crippen LogP contribution is 2.24. The van der Waals surface area contributed by atoms with E-state index in [1.165, 1.54) is 7.11 Å². The molecule has 0 saturated carbocycles. The number of methoxy groups -OCH3 is 1. The standard InChI is InChI=1S/C5H4Cl4O2/c1-11-5(10)3(7)2(6)4(8)9/h4H,1H3. The summed E-state index contributed by atoms with van der Waals surface area (Å²) < 4.78 is 4.25. The molecule has 11 heavy (non-hydrogen) atoms. The van der Waals surface area contributed by atoms with Crippen molar-refractivity contribution in [1.29, 1.82) is 0 Å². The fourth-order valence-electron chi connectivity index (χ4n) is 0.283. The van der Waals surface area contributed by atoms with Crippen LogP contribution in [0, 0.1) is 0 Å². The van der Waals surface area contributed by atoms with Crippen LogP contribution in [0.3, 0.4) is 0 Å². The smallest absolute Gasteiger partial charge is 0.350 e. The van der Waals surface area contributed by atoms with Gasteiger partial charge in [-0.3, -0.25) is 0 Å². The minimum Gasteiger partial charge on any atom is -0.465 e. The van der Waals surface area contributed by atoms with Crippen molar-refractivity contribution in [2.45, 2.75) is 4.84 Å². The quantitative estimate of drug-likeness (QED) is 0.420. The Balaban J connectivity index is 4.52. The SMILES string of the molecule is COC(=O)C(Cl)=C(Cl)C(Cl)Cl. The second-order valence-electron chi connectivity index (χ2n) is 1.45. The number of hydrogen-bond acceptors (Lipinski definition) is 2. The van der Waals surface area contributed by atoms with Crippen LogP contribution in [0.5, 0.6) is 0 Å². The summed E-state index contributed by atoms with van der Waals surface area (Å²) in [5.74, 6) is -0.761. The summed E-state index contributed by atoms with van der Waals surface area (Å²) in [4.78, 5) is 9.63. The van der Waals surface area contributed by atoms with Crippen LogP contribution in [0.4, 0.5) is 0 Å². The molecule has 0 amide bonds. The van der Waals surface area contributed by atoms with Gasteiger partial charge in [-0.1, -0.05) is 46.4 Å². The number of rotatable bonds is 2. The Bertz CT molecular complexity index is 187. The van der Waals surface area contributed by atoms with Gasteiger partial charge in [0.15, 0.2) is 0 Å². The average Bonchev–Trinajstić information content (AvgIpc) is 2.00. The lowest BCUT2D eigenvalue weighted by Crippen LogP contribution is -2.03. The first-order chi connectivity index (χ1) is 5.00. The highest BCUT2D eigenvalue weighted by molar-refractivity contribution is 6.56. The van der Waals surface area contributed by atoms with Crippen molar-refractivity contribution < 1.29 is 9.53 Å². The van der Waals surface area contributed by atoms with Crippen LogP contribution in [0.15, 0.2) is 10.1 Å². The molecule has 0 radical (unpaired) electrons. The van der Waals surface area contributed by atoms with Crippen LogP contribution >= 0.6 is 46.4 Å². The minimum absolute atomic E-state index is 0.137. The van der Waals surface area contributed by atoms with E-state index in [0.29, 0.717) is 0 Å². The molecule has 2 nitrogen and oxygen atoms in total. The van der Waals surface area contributed by atoms with E-state index in [1.54, 1.807) is 0 Å². The number of esters is 1. The fraction of sp³-hybridized carbons (Fsp3) is 0.400. The summed E-state index contributed by atoms with van der Waals surface area (Å²) in [5, 5.41) is -0.439. The summed E-state index contributed by atoms with van der Waals surface area (Å²) in [5.41, 5.74) is 0. The Kier molecular flexibility index (Phi) is 5.26. The Hall–Kier alpha value is 0.370. The van der Waals surface area contributed by atoms with Gasteiger partial charge in [0.05, 0.1) is 12.1 Å². The van der Waals surface area contributed by atoms with Crippen LogP contribution in [-0.2, 0) is 9.53 Å². The van der Waals surface area contributed by atoms with Crippen LogP contribution in [0.1, 0.15) is 0 Å². The Morgan fingerprint density at radius 2 is 1.82 bits per heavy atom. The van der Waals surface area contributed by atoms with Crippen molar-refractivity contribution in [3.05, 3.63) is 10.1 Å². The third kappa shape index (κ3) is 3.52. The zero-order chi connectivity index (χ0) is 9.02. The molecule has 6 heteroatoms. The Morgan fingerprint density at radius 1 is 1.36 bits per heavy atom. The van der Waals surface area contributed by atoms with E-state index in [2.05, 4.69) is 4.74 Å². The first-order valence-electron chi connectivity index (χ1n) is 2.42. The number of halogens is 4. The Labute approximate surface area is 84.0 Å². The molecule has 0 aromatic carbocycles. The van der Waals surface area contributed by atoms with Crippen molar-refractivity contribution in [1.82, 2.24) is 0 Å². The summed E-state index contributed by atoms with van der Waals surface area (Å²) in [6, 6.07) is 0. The zero-order valence-electron chi connectivity index (χ0n) is 5.41. The maximum Gasteiger partial charge on any atom is 0.350 e. The van der Waals surface area contributed by atoms with Gasteiger partial charge in [-0.15, -0.1) is 0 Å². The van der Waals surface area contributed by atoms with Crippen LogP contribution in [-0.4, -0.2) is 17.9 Å². The largest absolute Gasteiger partial charge is 0.465 e. The van der Waals surface area contributed by atoms with Crippen LogP contribution in [0.25, 0.3) is 0 Å². The minimum atomic E-state index is -1.01. The van der Waals surface area contributed by atoms with E-state index in [-0.39, 0.29) is 10.1 Å². The molecule has 0 saturated heterocycles. The van der Waals surface area contributed by atoms with Gasteiger partial charge >= 0.3 is 5.97 Å². The predicted molar refractivity (Wildman–Crippen MR) is 46.2 cm³/mol. The molecule has 0 aromatic rings. The van der Waals surface area contributed by atoms with E-state index in [4.69, 9.17) is 46.4 Å². The topological polar surface area (TPSA) is 26.3 Å². The zero-order valence-corrected chi connectivity index (χ0v) is 8.43. The van der Waals surface area contributed by atoms with Crippen LogP contribution in [0.2, 0.25) is 0 Å². The summed E-state index contributed by atoms with van der Waals surface area (Å²) in [6.07, 6.45) is 0. The molecule has 64 valence electrons. The van der Waals surface area contributed by atoms with E-state index >= 15 is 0 Å². The predicted octanol–water partition coefficient (Wildman–Crippen LogP) is 2.65. The number of allylic oxidation sites excluding steroid dienone is 1. The maximum atomic E-state index is 10.6. The maximum absolute atomic E-state index is 10.6. The van der Waals surface area contributed by atoms with Gasteiger partial charge in [0.1, 0.15) is 9.87 Å². The van der Waals surface area contributed by atoms with Crippen molar-refractivity contribution in [2.75, 3.05) is 7.11 Å². The lowest BCUT2D eigenvalue weighted by Gasteiger charge is -2.01. The van der Waals surface area contributed by atoms with Gasteiger partial charge in [-0.2, -0.15) is 0 Å². The molecular formula is C5H4Cl4O2. The lowest BCUT2D eigenvalue weighted by molar-refractivity contribution is -0.135. The van der Waals surface area contributed by atoms with E-state index < -0.39 is 10.8 Å². The summed E-state index contributed by atoms with van der Waals surface area (Å²) >= 11 is 21.4. The highest BCUT2D eigenvalue weighted by Gasteiger charge is 2.16. The number of carbonyl (C=O) groups is 1. The number of ether oxygens (including phenoxy) is 1. The molecular weight excluding hydrogens is 234 g/mol. The van der Waals surface area contributed by atoms with Gasteiger partial charge in [0.25, 0.3) is 0 Å². The molecule has 0 aromatic heterocycles. The van der Waals surface area contributed by atoms with E-state index in [0.717, 1.165) is 0 Å². The fourth-order valence-corrected chi connectivity index (χ4v) is 0.876. The molecule has 0 heterocycles. The highest BCUT2D eigenvalue weighted by atomic mass is 35.5. The van der Waals surface area contributed by atoms with E-state index in [9.17, 15) is 4.79 Å². The first-order valence-corrected chi connectivity index (χ1v) is 4.05. The average molecular weight is 238 g/mol. The van der Waals surface area contributed by atoms with Crippen molar-refractivity contribution in [3.8, 4) is 0 Å². The molecule has 0 rings (SSSR count). The third-order valence-electron chi connectivity index (χ3n) is 0.766. The van der Waals surface area contributed by atoms with Crippen molar-refractivity contribution in [3.63, 3.8) is 0 Å².